The number of guanidine groups is 1. The van der Waals surface area contributed by atoms with E-state index >= 15 is 0 Å². The normalized spacial score (nSPS) is 22.0. The number of aromatic nitrogens is 2. The number of benzene rings is 1. The lowest BCUT2D eigenvalue weighted by Crippen LogP contribution is -2.52. The smallest absolute Gasteiger partial charge is 0.263 e. The molecule has 0 bridgehead atoms. The summed E-state index contributed by atoms with van der Waals surface area (Å²) in [5, 5.41) is 4.03. The summed E-state index contributed by atoms with van der Waals surface area (Å²) in [6, 6.07) is 4.83. The van der Waals surface area contributed by atoms with Crippen molar-refractivity contribution in [2.75, 3.05) is 11.4 Å². The molecule has 1 amide bonds. The topological polar surface area (TPSA) is 108 Å². The van der Waals surface area contributed by atoms with Gasteiger partial charge < -0.3 is 4.90 Å². The van der Waals surface area contributed by atoms with Gasteiger partial charge >= 0.3 is 0 Å². The van der Waals surface area contributed by atoms with Gasteiger partial charge in [-0.25, -0.2) is 13.1 Å². The molecule has 158 valence electrons. The number of nitrogens with one attached hydrogen (secondary N) is 1. The zero-order valence-electron chi connectivity index (χ0n) is 16.9. The van der Waals surface area contributed by atoms with Gasteiger partial charge in [0.15, 0.2) is 0 Å². The molecule has 1 aliphatic carbocycles. The second-order valence-electron chi connectivity index (χ2n) is 8.38. The molecule has 0 unspecified atom stereocenters. The van der Waals surface area contributed by atoms with Gasteiger partial charge in [0.05, 0.1) is 45.8 Å². The van der Waals surface area contributed by atoms with Crippen molar-refractivity contribution in [3.8, 4) is 0 Å². The van der Waals surface area contributed by atoms with Crippen LogP contribution in [0.25, 0.3) is 0 Å². The lowest BCUT2D eigenvalue weighted by atomic mass is 10.1. The summed E-state index contributed by atoms with van der Waals surface area (Å²) < 4.78 is 32.4. The fourth-order valence-electron chi connectivity index (χ4n) is 3.78. The first-order valence-corrected chi connectivity index (χ1v) is 12.1. The SMILES string of the molecule is Cc1nnsc1CN1C(=O)c2cc(S(=O)(=O)NC3(C)CC3)ccc2N2C1=NC[C@H]2C. The van der Waals surface area contributed by atoms with Crippen LogP contribution in [0.5, 0.6) is 0 Å². The molecule has 0 radical (unpaired) electrons. The largest absolute Gasteiger partial charge is 0.307 e. The molecular weight excluding hydrogens is 424 g/mol. The molecule has 30 heavy (non-hydrogen) atoms. The van der Waals surface area contributed by atoms with E-state index in [4.69, 9.17) is 0 Å². The van der Waals surface area contributed by atoms with Crippen molar-refractivity contribution in [3.05, 3.63) is 34.3 Å². The third-order valence-corrected chi connectivity index (χ3v) is 8.28. The fourth-order valence-corrected chi connectivity index (χ4v) is 5.90. The van der Waals surface area contributed by atoms with Gasteiger partial charge in [0.25, 0.3) is 5.91 Å². The van der Waals surface area contributed by atoms with E-state index in [9.17, 15) is 13.2 Å². The Bertz CT molecular complexity index is 1180. The number of amides is 1. The monoisotopic (exact) mass is 446 g/mol. The number of anilines is 1. The van der Waals surface area contributed by atoms with Gasteiger partial charge in [0.2, 0.25) is 16.0 Å². The second-order valence-corrected chi connectivity index (χ2v) is 10.9. The van der Waals surface area contributed by atoms with Crippen molar-refractivity contribution in [2.24, 2.45) is 4.99 Å². The van der Waals surface area contributed by atoms with Crippen LogP contribution in [-0.2, 0) is 16.6 Å². The van der Waals surface area contributed by atoms with Crippen LogP contribution in [0.1, 0.15) is 47.6 Å². The van der Waals surface area contributed by atoms with E-state index in [1.54, 1.807) is 17.0 Å². The molecule has 3 aliphatic rings. The molecule has 1 N–H and O–H groups in total. The number of aryl methyl sites for hydroxylation is 1. The number of aliphatic imine (C=N–C) groups is 1. The van der Waals surface area contributed by atoms with Crippen LogP contribution in [0.3, 0.4) is 0 Å². The van der Waals surface area contributed by atoms with Crippen LogP contribution >= 0.6 is 11.5 Å². The van der Waals surface area contributed by atoms with Gasteiger partial charge in [0, 0.05) is 5.54 Å². The molecule has 11 heteroatoms. The number of fused-ring (bicyclic) bond motifs is 3. The van der Waals surface area contributed by atoms with Crippen molar-refractivity contribution in [1.29, 1.82) is 0 Å². The molecule has 1 aromatic heterocycles. The molecule has 1 atom stereocenters. The number of hydrogen-bond donors (Lipinski definition) is 1. The maximum Gasteiger partial charge on any atom is 0.263 e. The van der Waals surface area contributed by atoms with Crippen molar-refractivity contribution in [3.63, 3.8) is 0 Å². The highest BCUT2D eigenvalue weighted by atomic mass is 32.2. The average Bonchev–Trinajstić information content (AvgIpc) is 3.07. The predicted octanol–water partition coefficient (Wildman–Crippen LogP) is 1.90. The minimum absolute atomic E-state index is 0.0704. The minimum atomic E-state index is -3.71. The Kier molecular flexibility index (Phi) is 4.28. The first-order valence-electron chi connectivity index (χ1n) is 9.80. The zero-order chi connectivity index (χ0) is 21.3. The highest BCUT2D eigenvalue weighted by Gasteiger charge is 2.43. The van der Waals surface area contributed by atoms with Crippen LogP contribution in [0.4, 0.5) is 5.69 Å². The lowest BCUT2D eigenvalue weighted by Gasteiger charge is -2.37. The number of rotatable bonds is 5. The third kappa shape index (κ3) is 3.12. The maximum absolute atomic E-state index is 13.4. The fraction of sp³-hybridized carbons (Fsp3) is 0.474. The summed E-state index contributed by atoms with van der Waals surface area (Å²) >= 11 is 1.25. The number of carbonyl (C=O) groups excluding carboxylic acids is 1. The van der Waals surface area contributed by atoms with E-state index < -0.39 is 10.0 Å². The van der Waals surface area contributed by atoms with Gasteiger partial charge in [-0.3, -0.25) is 14.7 Å². The third-order valence-electron chi connectivity index (χ3n) is 5.84. The molecule has 1 aromatic carbocycles. The van der Waals surface area contributed by atoms with E-state index in [2.05, 4.69) is 19.3 Å². The van der Waals surface area contributed by atoms with Gasteiger partial charge in [-0.15, -0.1) is 5.10 Å². The number of hydrogen-bond acceptors (Lipinski definition) is 8. The minimum Gasteiger partial charge on any atom is -0.307 e. The summed E-state index contributed by atoms with van der Waals surface area (Å²) in [6.45, 7) is 6.65. The first-order chi connectivity index (χ1) is 14.2. The van der Waals surface area contributed by atoms with Crippen molar-refractivity contribution in [1.82, 2.24) is 19.2 Å². The molecular formula is C19H22N6O3S2. The molecule has 1 fully saturated rings. The van der Waals surface area contributed by atoms with Crippen molar-refractivity contribution in [2.45, 2.75) is 56.6 Å². The predicted molar refractivity (Wildman–Crippen MR) is 113 cm³/mol. The Morgan fingerprint density at radius 3 is 2.77 bits per heavy atom. The summed E-state index contributed by atoms with van der Waals surface area (Å²) in [5.41, 5.74) is 1.44. The van der Waals surface area contributed by atoms with Crippen molar-refractivity contribution >= 4 is 39.1 Å². The Morgan fingerprint density at radius 2 is 2.10 bits per heavy atom. The van der Waals surface area contributed by atoms with Crippen LogP contribution < -0.4 is 9.62 Å². The van der Waals surface area contributed by atoms with E-state index in [-0.39, 0.29) is 22.4 Å². The van der Waals surface area contributed by atoms with Crippen LogP contribution in [0.15, 0.2) is 28.1 Å². The molecule has 3 heterocycles. The summed E-state index contributed by atoms with van der Waals surface area (Å²) in [7, 11) is -3.71. The second kappa shape index (κ2) is 6.56. The number of nitrogens with zero attached hydrogens (tertiary/aromatic N) is 5. The van der Waals surface area contributed by atoms with E-state index in [1.165, 1.54) is 17.6 Å². The molecule has 5 rings (SSSR count). The van der Waals surface area contributed by atoms with E-state index in [0.29, 0.717) is 30.3 Å². The van der Waals surface area contributed by atoms with Gasteiger partial charge in [-0.1, -0.05) is 4.49 Å². The Labute approximate surface area is 179 Å². The zero-order valence-corrected chi connectivity index (χ0v) is 18.5. The average molecular weight is 447 g/mol. The first kappa shape index (κ1) is 19.6. The van der Waals surface area contributed by atoms with Gasteiger partial charge in [-0.2, -0.15) is 0 Å². The number of carbonyl (C=O) groups is 1. The summed E-state index contributed by atoms with van der Waals surface area (Å²) in [4.78, 5) is 22.6. The summed E-state index contributed by atoms with van der Waals surface area (Å²) in [5.74, 6) is 0.323. The highest BCUT2D eigenvalue weighted by molar-refractivity contribution is 7.89. The Balaban J connectivity index is 1.56. The quantitative estimate of drug-likeness (QED) is 0.752. The van der Waals surface area contributed by atoms with Crippen LogP contribution in [0.2, 0.25) is 0 Å². The lowest BCUT2D eigenvalue weighted by molar-refractivity contribution is 0.0833. The summed E-state index contributed by atoms with van der Waals surface area (Å²) in [6.07, 6.45) is 1.63. The van der Waals surface area contributed by atoms with Crippen LogP contribution in [-0.4, -0.2) is 52.9 Å². The van der Waals surface area contributed by atoms with Crippen molar-refractivity contribution < 1.29 is 13.2 Å². The molecule has 2 aromatic rings. The number of sulfonamides is 1. The Morgan fingerprint density at radius 1 is 1.33 bits per heavy atom. The molecule has 2 aliphatic heterocycles. The maximum atomic E-state index is 13.4. The standard InChI is InChI=1S/C19H22N6O3S2/c1-11-9-20-18-24(10-16-12(2)21-23-29-16)17(26)14-8-13(4-5-15(14)25(11)18)30(27,28)22-19(3)6-7-19/h4-5,8,11,22H,6-7,9-10H2,1-3H3/t11-/m1/s1. The molecule has 1 saturated carbocycles. The van der Waals surface area contributed by atoms with E-state index in [1.807, 2.05) is 25.7 Å². The van der Waals surface area contributed by atoms with E-state index in [0.717, 1.165) is 23.4 Å². The molecule has 9 nitrogen and oxygen atoms in total. The van der Waals surface area contributed by atoms with Crippen LogP contribution in [0, 0.1) is 6.92 Å². The van der Waals surface area contributed by atoms with Gasteiger partial charge in [0.1, 0.15) is 0 Å². The highest BCUT2D eigenvalue weighted by Crippen LogP contribution is 2.38. The Hall–Kier alpha value is -2.37. The molecule has 0 spiro atoms. The van der Waals surface area contributed by atoms with Gasteiger partial charge in [-0.05, 0) is 63.3 Å². The molecule has 0 saturated heterocycles.